The molecule has 0 radical (unpaired) electrons. The van der Waals surface area contributed by atoms with Crippen LogP contribution in [0.2, 0.25) is 0 Å². The van der Waals surface area contributed by atoms with Crippen molar-refractivity contribution < 1.29 is 9.53 Å². The van der Waals surface area contributed by atoms with Crippen molar-refractivity contribution in [2.75, 3.05) is 20.2 Å². The second kappa shape index (κ2) is 7.39. The van der Waals surface area contributed by atoms with Gasteiger partial charge in [-0.25, -0.2) is 0 Å². The number of benzene rings is 1. The second-order valence-corrected chi connectivity index (χ2v) is 7.28. The number of thiophene rings is 1. The van der Waals surface area contributed by atoms with E-state index in [1.807, 2.05) is 11.0 Å². The van der Waals surface area contributed by atoms with Crippen molar-refractivity contribution in [2.24, 2.45) is 0 Å². The average Bonchev–Trinajstić information content (AvgIpc) is 3.06. The molecule has 3 nitrogen and oxygen atoms in total. The molecule has 0 spiro atoms. The molecule has 4 heteroatoms. The Kier molecular flexibility index (Phi) is 5.24. The molecule has 1 aliphatic carbocycles. The summed E-state index contributed by atoms with van der Waals surface area (Å²) in [6.07, 6.45) is 4.21. The fourth-order valence-corrected chi connectivity index (χ4v) is 4.47. The topological polar surface area (TPSA) is 29.5 Å². The van der Waals surface area contributed by atoms with E-state index in [1.165, 1.54) is 21.6 Å². The standard InChI is InChI=1S/C20H25NO2S/c1-4-6-11-21(5-2)20(22)18-12-15-8-7-14-9-10-16(23-3)13-17(14)19(15)24-18/h9-10,12-13H,4-8,11H2,1-3H3. The molecule has 3 rings (SSSR count). The lowest BCUT2D eigenvalue weighted by Gasteiger charge is -2.19. The summed E-state index contributed by atoms with van der Waals surface area (Å²) in [5, 5.41) is 0. The zero-order valence-electron chi connectivity index (χ0n) is 14.7. The number of methoxy groups -OCH3 is 1. The van der Waals surface area contributed by atoms with Crippen LogP contribution in [-0.4, -0.2) is 31.0 Å². The Labute approximate surface area is 148 Å². The zero-order valence-corrected chi connectivity index (χ0v) is 15.5. The van der Waals surface area contributed by atoms with E-state index < -0.39 is 0 Å². The van der Waals surface area contributed by atoms with Crippen LogP contribution in [0.1, 0.15) is 47.5 Å². The summed E-state index contributed by atoms with van der Waals surface area (Å²) in [6.45, 7) is 5.83. The van der Waals surface area contributed by atoms with Crippen molar-refractivity contribution in [1.29, 1.82) is 0 Å². The van der Waals surface area contributed by atoms with Gasteiger partial charge in [0.25, 0.3) is 5.91 Å². The molecule has 1 amide bonds. The van der Waals surface area contributed by atoms with E-state index in [2.05, 4.69) is 32.0 Å². The molecule has 0 fully saturated rings. The van der Waals surface area contributed by atoms with E-state index in [0.717, 1.165) is 49.4 Å². The Morgan fingerprint density at radius 3 is 2.71 bits per heavy atom. The summed E-state index contributed by atoms with van der Waals surface area (Å²) in [4.78, 5) is 16.9. The maximum absolute atomic E-state index is 12.8. The third-order valence-electron chi connectivity index (χ3n) is 4.70. The largest absolute Gasteiger partial charge is 0.497 e. The molecular formula is C20H25NO2S. The van der Waals surface area contributed by atoms with E-state index in [0.29, 0.717) is 0 Å². The van der Waals surface area contributed by atoms with Gasteiger partial charge in [0, 0.05) is 18.0 Å². The van der Waals surface area contributed by atoms with Crippen LogP contribution in [0.3, 0.4) is 0 Å². The van der Waals surface area contributed by atoms with Crippen LogP contribution in [0, 0.1) is 0 Å². The molecule has 2 aromatic rings. The summed E-state index contributed by atoms with van der Waals surface area (Å²) in [7, 11) is 1.70. The molecule has 1 aliphatic rings. The minimum atomic E-state index is 0.176. The van der Waals surface area contributed by atoms with Gasteiger partial charge >= 0.3 is 0 Å². The van der Waals surface area contributed by atoms with Crippen LogP contribution in [0.5, 0.6) is 5.75 Å². The van der Waals surface area contributed by atoms with Gasteiger partial charge in [0.05, 0.1) is 12.0 Å². The molecule has 24 heavy (non-hydrogen) atoms. The lowest BCUT2D eigenvalue weighted by Crippen LogP contribution is -2.31. The van der Waals surface area contributed by atoms with Crippen LogP contribution >= 0.6 is 11.3 Å². The number of aryl methyl sites for hydroxylation is 2. The predicted molar refractivity (Wildman–Crippen MR) is 100 cm³/mol. The highest BCUT2D eigenvalue weighted by Crippen LogP contribution is 2.41. The summed E-state index contributed by atoms with van der Waals surface area (Å²) in [6, 6.07) is 8.39. The fourth-order valence-electron chi connectivity index (χ4n) is 3.24. The van der Waals surface area contributed by atoms with Gasteiger partial charge in [0.1, 0.15) is 5.75 Å². The number of hydrogen-bond acceptors (Lipinski definition) is 3. The normalized spacial score (nSPS) is 12.5. The number of fused-ring (bicyclic) bond motifs is 3. The number of carbonyl (C=O) groups excluding carboxylic acids is 1. The molecule has 0 unspecified atom stereocenters. The van der Waals surface area contributed by atoms with Crippen molar-refractivity contribution in [1.82, 2.24) is 4.90 Å². The molecule has 1 aromatic carbocycles. The highest BCUT2D eigenvalue weighted by Gasteiger charge is 2.24. The molecule has 128 valence electrons. The highest BCUT2D eigenvalue weighted by molar-refractivity contribution is 7.17. The first-order valence-corrected chi connectivity index (χ1v) is 9.58. The predicted octanol–water partition coefficient (Wildman–Crippen LogP) is 4.78. The first kappa shape index (κ1) is 17.0. The number of carbonyl (C=O) groups is 1. The summed E-state index contributed by atoms with van der Waals surface area (Å²) in [5.41, 5.74) is 3.88. The SMILES string of the molecule is CCCCN(CC)C(=O)c1cc2c(s1)-c1cc(OC)ccc1CC2. The zero-order chi connectivity index (χ0) is 17.1. The summed E-state index contributed by atoms with van der Waals surface area (Å²) < 4.78 is 5.38. The molecule has 0 saturated carbocycles. The van der Waals surface area contributed by atoms with Gasteiger partial charge in [0.2, 0.25) is 0 Å². The van der Waals surface area contributed by atoms with Crippen molar-refractivity contribution in [2.45, 2.75) is 39.5 Å². The van der Waals surface area contributed by atoms with Crippen LogP contribution in [0.4, 0.5) is 0 Å². The fraction of sp³-hybridized carbons (Fsp3) is 0.450. The Morgan fingerprint density at radius 2 is 2.00 bits per heavy atom. The molecule has 0 saturated heterocycles. The monoisotopic (exact) mass is 343 g/mol. The minimum absolute atomic E-state index is 0.176. The van der Waals surface area contributed by atoms with E-state index in [1.54, 1.807) is 18.4 Å². The van der Waals surface area contributed by atoms with E-state index in [-0.39, 0.29) is 5.91 Å². The Morgan fingerprint density at radius 1 is 1.21 bits per heavy atom. The van der Waals surface area contributed by atoms with Crippen LogP contribution in [0.15, 0.2) is 24.3 Å². The van der Waals surface area contributed by atoms with Gasteiger partial charge in [-0.3, -0.25) is 4.79 Å². The molecular weight excluding hydrogens is 318 g/mol. The lowest BCUT2D eigenvalue weighted by atomic mass is 9.91. The summed E-state index contributed by atoms with van der Waals surface area (Å²) in [5.74, 6) is 1.05. The Hall–Kier alpha value is -1.81. The van der Waals surface area contributed by atoms with Crippen molar-refractivity contribution in [3.05, 3.63) is 40.3 Å². The Balaban J connectivity index is 1.92. The van der Waals surface area contributed by atoms with E-state index in [4.69, 9.17) is 4.74 Å². The molecule has 1 heterocycles. The molecule has 0 atom stereocenters. The number of hydrogen-bond donors (Lipinski definition) is 0. The lowest BCUT2D eigenvalue weighted by molar-refractivity contribution is 0.0767. The molecule has 1 aromatic heterocycles. The van der Waals surface area contributed by atoms with Gasteiger partial charge in [0.15, 0.2) is 0 Å². The van der Waals surface area contributed by atoms with Gasteiger partial charge in [-0.05, 0) is 61.1 Å². The van der Waals surface area contributed by atoms with E-state index in [9.17, 15) is 4.79 Å². The van der Waals surface area contributed by atoms with Crippen LogP contribution in [0.25, 0.3) is 10.4 Å². The smallest absolute Gasteiger partial charge is 0.263 e. The minimum Gasteiger partial charge on any atom is -0.497 e. The van der Waals surface area contributed by atoms with E-state index >= 15 is 0 Å². The molecule has 0 N–H and O–H groups in total. The summed E-state index contributed by atoms with van der Waals surface area (Å²) >= 11 is 1.64. The van der Waals surface area contributed by atoms with Crippen LogP contribution < -0.4 is 4.74 Å². The number of ether oxygens (including phenoxy) is 1. The van der Waals surface area contributed by atoms with Gasteiger partial charge in [-0.2, -0.15) is 0 Å². The molecule has 0 aliphatic heterocycles. The van der Waals surface area contributed by atoms with Crippen molar-refractivity contribution in [3.63, 3.8) is 0 Å². The number of nitrogens with zero attached hydrogens (tertiary/aromatic N) is 1. The first-order valence-electron chi connectivity index (χ1n) is 8.77. The third-order valence-corrected chi connectivity index (χ3v) is 5.89. The average molecular weight is 343 g/mol. The number of rotatable bonds is 6. The van der Waals surface area contributed by atoms with Gasteiger partial charge in [-0.15, -0.1) is 11.3 Å². The number of amides is 1. The quantitative estimate of drug-likeness (QED) is 0.755. The molecule has 0 bridgehead atoms. The maximum atomic E-state index is 12.8. The second-order valence-electron chi connectivity index (χ2n) is 6.23. The van der Waals surface area contributed by atoms with Crippen molar-refractivity contribution >= 4 is 17.2 Å². The first-order chi connectivity index (χ1) is 11.7. The Bertz CT molecular complexity index is 735. The van der Waals surface area contributed by atoms with Gasteiger partial charge in [-0.1, -0.05) is 19.4 Å². The maximum Gasteiger partial charge on any atom is 0.263 e. The van der Waals surface area contributed by atoms with Crippen molar-refractivity contribution in [3.8, 4) is 16.2 Å². The number of unbranched alkanes of at least 4 members (excludes halogenated alkanes) is 1. The van der Waals surface area contributed by atoms with Gasteiger partial charge < -0.3 is 9.64 Å². The highest BCUT2D eigenvalue weighted by atomic mass is 32.1. The van der Waals surface area contributed by atoms with Crippen LogP contribution in [-0.2, 0) is 12.8 Å². The third kappa shape index (κ3) is 3.20.